The molecule has 26 heavy (non-hydrogen) atoms. The Labute approximate surface area is 154 Å². The molecule has 130 valence electrons. The molecule has 0 fully saturated rings. The first-order chi connectivity index (χ1) is 12.7. The number of fused-ring (bicyclic) bond motifs is 1. The summed E-state index contributed by atoms with van der Waals surface area (Å²) in [5.74, 6) is -0.234. The standard InChI is InChI=1S/C20H16N2O3S/c23-19(6-3-14-8-10-25-13-14)21-16-5-4-15-7-9-22(17(15)12-16)20(24)18-2-1-11-26-18/h1-6,8,10-13H,7,9H2,(H,21,23). The number of nitrogens with zero attached hydrogens (tertiary/aromatic N) is 1. The summed E-state index contributed by atoms with van der Waals surface area (Å²) in [5, 5.41) is 4.73. The van der Waals surface area contributed by atoms with Crippen molar-refractivity contribution in [1.29, 1.82) is 0 Å². The molecule has 0 aliphatic carbocycles. The fourth-order valence-corrected chi connectivity index (χ4v) is 3.60. The van der Waals surface area contributed by atoms with Gasteiger partial charge < -0.3 is 14.6 Å². The highest BCUT2D eigenvalue weighted by atomic mass is 32.1. The molecule has 3 heterocycles. The number of anilines is 2. The Morgan fingerprint density at radius 1 is 1.23 bits per heavy atom. The second kappa shape index (κ2) is 7.01. The first-order valence-electron chi connectivity index (χ1n) is 8.20. The van der Waals surface area contributed by atoms with Gasteiger partial charge in [-0.2, -0.15) is 0 Å². The van der Waals surface area contributed by atoms with E-state index in [1.807, 2.05) is 35.7 Å². The summed E-state index contributed by atoms with van der Waals surface area (Å²) in [5.41, 5.74) is 3.46. The highest BCUT2D eigenvalue weighted by Gasteiger charge is 2.26. The maximum atomic E-state index is 12.7. The minimum atomic E-state index is -0.236. The van der Waals surface area contributed by atoms with Crippen LogP contribution in [0, 0.1) is 0 Å². The number of benzene rings is 1. The third-order valence-corrected chi connectivity index (χ3v) is 5.05. The van der Waals surface area contributed by atoms with Crippen LogP contribution in [0.15, 0.2) is 64.8 Å². The van der Waals surface area contributed by atoms with E-state index in [0.29, 0.717) is 12.2 Å². The highest BCUT2D eigenvalue weighted by molar-refractivity contribution is 7.12. The Morgan fingerprint density at radius 3 is 2.92 bits per heavy atom. The molecule has 0 spiro atoms. The van der Waals surface area contributed by atoms with Gasteiger partial charge in [-0.1, -0.05) is 12.1 Å². The van der Waals surface area contributed by atoms with Crippen molar-refractivity contribution in [3.8, 4) is 0 Å². The van der Waals surface area contributed by atoms with E-state index in [0.717, 1.165) is 28.1 Å². The zero-order valence-electron chi connectivity index (χ0n) is 13.8. The maximum absolute atomic E-state index is 12.7. The van der Waals surface area contributed by atoms with Crippen molar-refractivity contribution in [2.24, 2.45) is 0 Å². The Balaban J connectivity index is 1.50. The summed E-state index contributed by atoms with van der Waals surface area (Å²) in [4.78, 5) is 27.3. The molecule has 1 N–H and O–H groups in total. The van der Waals surface area contributed by atoms with Crippen molar-refractivity contribution < 1.29 is 14.0 Å². The zero-order valence-corrected chi connectivity index (χ0v) is 14.7. The second-order valence-corrected chi connectivity index (χ2v) is 6.85. The quantitative estimate of drug-likeness (QED) is 0.706. The van der Waals surface area contributed by atoms with Crippen LogP contribution in [0.4, 0.5) is 11.4 Å². The predicted molar refractivity (Wildman–Crippen MR) is 103 cm³/mol. The largest absolute Gasteiger partial charge is 0.472 e. The van der Waals surface area contributed by atoms with E-state index in [1.165, 1.54) is 17.4 Å². The van der Waals surface area contributed by atoms with Gasteiger partial charge in [0.05, 0.1) is 17.4 Å². The third-order valence-electron chi connectivity index (χ3n) is 4.20. The summed E-state index contributed by atoms with van der Waals surface area (Å²) >= 11 is 1.43. The topological polar surface area (TPSA) is 62.6 Å². The first kappa shape index (κ1) is 16.4. The van der Waals surface area contributed by atoms with Crippen LogP contribution < -0.4 is 10.2 Å². The number of carbonyl (C=O) groups excluding carboxylic acids is 2. The molecule has 0 saturated heterocycles. The fourth-order valence-electron chi connectivity index (χ4n) is 2.93. The highest BCUT2D eigenvalue weighted by Crippen LogP contribution is 2.32. The monoisotopic (exact) mass is 364 g/mol. The maximum Gasteiger partial charge on any atom is 0.268 e. The van der Waals surface area contributed by atoms with Crippen molar-refractivity contribution in [3.63, 3.8) is 0 Å². The molecule has 2 amide bonds. The van der Waals surface area contributed by atoms with Gasteiger partial charge in [-0.3, -0.25) is 9.59 Å². The number of carbonyl (C=O) groups is 2. The summed E-state index contributed by atoms with van der Waals surface area (Å²) in [6.45, 7) is 0.657. The molecule has 2 aromatic heterocycles. The van der Waals surface area contributed by atoms with Gasteiger partial charge in [-0.05, 0) is 47.7 Å². The van der Waals surface area contributed by atoms with E-state index in [1.54, 1.807) is 29.6 Å². The number of hydrogen-bond donors (Lipinski definition) is 1. The van der Waals surface area contributed by atoms with Gasteiger partial charge in [0.15, 0.2) is 0 Å². The molecule has 0 saturated carbocycles. The van der Waals surface area contributed by atoms with Gasteiger partial charge in [0.25, 0.3) is 5.91 Å². The Kier molecular flexibility index (Phi) is 4.41. The van der Waals surface area contributed by atoms with Crippen LogP contribution in [-0.4, -0.2) is 18.4 Å². The molecule has 0 unspecified atom stereocenters. The van der Waals surface area contributed by atoms with E-state index in [9.17, 15) is 9.59 Å². The van der Waals surface area contributed by atoms with Crippen molar-refractivity contribution in [1.82, 2.24) is 0 Å². The summed E-state index contributed by atoms with van der Waals surface area (Å²) in [6.07, 6.45) is 7.07. The number of amides is 2. The van der Waals surface area contributed by atoms with Crippen LogP contribution in [0.1, 0.15) is 20.8 Å². The van der Waals surface area contributed by atoms with Crippen LogP contribution >= 0.6 is 11.3 Å². The average Bonchev–Trinajstić information content (AvgIpc) is 3.40. The lowest BCUT2D eigenvalue weighted by molar-refractivity contribution is -0.111. The van der Waals surface area contributed by atoms with Gasteiger partial charge in [0.2, 0.25) is 5.91 Å². The van der Waals surface area contributed by atoms with Gasteiger partial charge in [-0.15, -0.1) is 11.3 Å². The third kappa shape index (κ3) is 3.32. The smallest absolute Gasteiger partial charge is 0.268 e. The molecule has 5 nitrogen and oxygen atoms in total. The van der Waals surface area contributed by atoms with E-state index < -0.39 is 0 Å². The second-order valence-electron chi connectivity index (χ2n) is 5.91. The molecule has 1 aliphatic rings. The Bertz CT molecular complexity index is 959. The SMILES string of the molecule is O=C(C=Cc1ccoc1)Nc1ccc2c(c1)N(C(=O)c1cccs1)CC2. The van der Waals surface area contributed by atoms with Gasteiger partial charge in [0, 0.05) is 29.6 Å². The zero-order chi connectivity index (χ0) is 17.9. The van der Waals surface area contributed by atoms with Gasteiger partial charge in [-0.25, -0.2) is 0 Å². The van der Waals surface area contributed by atoms with Crippen LogP contribution in [0.3, 0.4) is 0 Å². The summed E-state index contributed by atoms with van der Waals surface area (Å²) in [6, 6.07) is 11.2. The van der Waals surface area contributed by atoms with Crippen molar-refractivity contribution in [2.75, 3.05) is 16.8 Å². The van der Waals surface area contributed by atoms with Gasteiger partial charge in [0.1, 0.15) is 0 Å². The molecule has 1 aromatic carbocycles. The van der Waals surface area contributed by atoms with Crippen molar-refractivity contribution in [3.05, 3.63) is 76.4 Å². The lowest BCUT2D eigenvalue weighted by Gasteiger charge is -2.17. The number of thiophene rings is 1. The Hall–Kier alpha value is -3.12. The molecule has 6 heteroatoms. The van der Waals surface area contributed by atoms with Crippen LogP contribution in [0.2, 0.25) is 0 Å². The first-order valence-corrected chi connectivity index (χ1v) is 9.08. The summed E-state index contributed by atoms with van der Waals surface area (Å²) < 4.78 is 4.96. The lowest BCUT2D eigenvalue weighted by Crippen LogP contribution is -2.28. The van der Waals surface area contributed by atoms with E-state index >= 15 is 0 Å². The molecular weight excluding hydrogens is 348 g/mol. The number of hydrogen-bond acceptors (Lipinski definition) is 4. The van der Waals surface area contributed by atoms with E-state index in [2.05, 4.69) is 5.32 Å². The molecule has 0 atom stereocenters. The minimum Gasteiger partial charge on any atom is -0.472 e. The Morgan fingerprint density at radius 2 is 2.15 bits per heavy atom. The fraction of sp³-hybridized carbons (Fsp3) is 0.100. The van der Waals surface area contributed by atoms with Crippen LogP contribution in [0.5, 0.6) is 0 Å². The minimum absolute atomic E-state index is 0.00193. The van der Waals surface area contributed by atoms with Crippen LogP contribution in [-0.2, 0) is 11.2 Å². The molecule has 1 aliphatic heterocycles. The van der Waals surface area contributed by atoms with Gasteiger partial charge >= 0.3 is 0 Å². The molecular formula is C20H16N2O3S. The molecule has 4 rings (SSSR count). The van der Waals surface area contributed by atoms with E-state index in [4.69, 9.17) is 4.42 Å². The number of furan rings is 1. The van der Waals surface area contributed by atoms with E-state index in [-0.39, 0.29) is 11.8 Å². The van der Waals surface area contributed by atoms with Crippen molar-refractivity contribution in [2.45, 2.75) is 6.42 Å². The molecule has 0 bridgehead atoms. The van der Waals surface area contributed by atoms with Crippen LogP contribution in [0.25, 0.3) is 6.08 Å². The predicted octanol–water partition coefficient (Wildman–Crippen LogP) is 4.20. The lowest BCUT2D eigenvalue weighted by atomic mass is 10.1. The molecule has 3 aromatic rings. The summed E-state index contributed by atoms with van der Waals surface area (Å²) in [7, 11) is 0. The average molecular weight is 364 g/mol. The van der Waals surface area contributed by atoms with Crippen molar-refractivity contribution >= 4 is 40.6 Å². The number of nitrogens with one attached hydrogen (secondary N) is 1. The number of rotatable bonds is 4. The normalized spacial score (nSPS) is 13.2. The molecule has 0 radical (unpaired) electrons.